The van der Waals surface area contributed by atoms with Crippen molar-refractivity contribution in [2.75, 3.05) is 6.54 Å². The van der Waals surface area contributed by atoms with Crippen molar-refractivity contribution in [1.29, 1.82) is 0 Å². The SMILES string of the molecule is CC1(C)C(CC(=O)O)CCCN1C1CC1. The highest BCUT2D eigenvalue weighted by molar-refractivity contribution is 5.67. The zero-order valence-corrected chi connectivity index (χ0v) is 9.70. The van der Waals surface area contributed by atoms with E-state index in [1.165, 1.54) is 12.8 Å². The maximum Gasteiger partial charge on any atom is 0.303 e. The summed E-state index contributed by atoms with van der Waals surface area (Å²) in [6, 6.07) is 0.747. The largest absolute Gasteiger partial charge is 0.481 e. The van der Waals surface area contributed by atoms with Gasteiger partial charge < -0.3 is 5.11 Å². The van der Waals surface area contributed by atoms with E-state index in [9.17, 15) is 4.79 Å². The molecule has 2 aliphatic rings. The first-order valence-corrected chi connectivity index (χ1v) is 6.00. The average Bonchev–Trinajstić information content (AvgIpc) is 2.90. The average molecular weight is 211 g/mol. The normalized spacial score (nSPS) is 31.5. The minimum atomic E-state index is -0.647. The predicted octanol–water partition coefficient (Wildman–Crippen LogP) is 2.11. The van der Waals surface area contributed by atoms with Crippen molar-refractivity contribution in [2.24, 2.45) is 5.92 Å². The molecule has 1 saturated carbocycles. The summed E-state index contributed by atoms with van der Waals surface area (Å²) in [5.74, 6) is -0.324. The van der Waals surface area contributed by atoms with Crippen LogP contribution in [0.3, 0.4) is 0 Å². The fourth-order valence-corrected chi connectivity index (χ4v) is 2.99. The van der Waals surface area contributed by atoms with Crippen LogP contribution < -0.4 is 0 Å². The summed E-state index contributed by atoms with van der Waals surface area (Å²) in [4.78, 5) is 13.4. The maximum atomic E-state index is 10.8. The highest BCUT2D eigenvalue weighted by Crippen LogP contribution is 2.42. The van der Waals surface area contributed by atoms with E-state index in [-0.39, 0.29) is 5.54 Å². The van der Waals surface area contributed by atoms with Gasteiger partial charge in [0.25, 0.3) is 0 Å². The molecule has 2 rings (SSSR count). The van der Waals surface area contributed by atoms with Crippen molar-refractivity contribution < 1.29 is 9.90 Å². The first-order valence-electron chi connectivity index (χ1n) is 6.00. The van der Waals surface area contributed by atoms with Gasteiger partial charge in [0.2, 0.25) is 0 Å². The van der Waals surface area contributed by atoms with Gasteiger partial charge >= 0.3 is 5.97 Å². The van der Waals surface area contributed by atoms with E-state index in [0.717, 1.165) is 25.4 Å². The molecule has 3 heteroatoms. The van der Waals surface area contributed by atoms with Crippen LogP contribution >= 0.6 is 0 Å². The van der Waals surface area contributed by atoms with Crippen molar-refractivity contribution in [3.8, 4) is 0 Å². The van der Waals surface area contributed by atoms with E-state index < -0.39 is 5.97 Å². The van der Waals surface area contributed by atoms with Gasteiger partial charge in [-0.05, 0) is 52.0 Å². The van der Waals surface area contributed by atoms with Gasteiger partial charge in [-0.2, -0.15) is 0 Å². The number of aliphatic carboxylic acids is 1. The molecule has 0 spiro atoms. The van der Waals surface area contributed by atoms with E-state index >= 15 is 0 Å². The second kappa shape index (κ2) is 3.78. The van der Waals surface area contributed by atoms with Gasteiger partial charge in [0.15, 0.2) is 0 Å². The van der Waals surface area contributed by atoms with Crippen LogP contribution in [0.2, 0.25) is 0 Å². The molecule has 3 nitrogen and oxygen atoms in total. The van der Waals surface area contributed by atoms with Crippen LogP contribution in [-0.4, -0.2) is 34.1 Å². The Kier molecular flexibility index (Phi) is 2.75. The number of nitrogens with zero attached hydrogens (tertiary/aromatic N) is 1. The molecule has 1 N–H and O–H groups in total. The Morgan fingerprint density at radius 2 is 2.07 bits per heavy atom. The standard InChI is InChI=1S/C12H21NO2/c1-12(2)9(8-11(14)15)4-3-7-13(12)10-5-6-10/h9-10H,3-8H2,1-2H3,(H,14,15). The monoisotopic (exact) mass is 211 g/mol. The Bertz CT molecular complexity index is 258. The van der Waals surface area contributed by atoms with E-state index in [0.29, 0.717) is 12.3 Å². The lowest BCUT2D eigenvalue weighted by Gasteiger charge is -2.48. The minimum absolute atomic E-state index is 0.0812. The van der Waals surface area contributed by atoms with Gasteiger partial charge in [0.05, 0.1) is 0 Å². The number of piperidine rings is 1. The highest BCUT2D eigenvalue weighted by atomic mass is 16.4. The maximum absolute atomic E-state index is 10.8. The second-order valence-electron chi connectivity index (χ2n) is 5.52. The van der Waals surface area contributed by atoms with Crippen LogP contribution in [0, 0.1) is 5.92 Å². The molecule has 0 radical (unpaired) electrons. The Labute approximate surface area is 91.5 Å². The smallest absolute Gasteiger partial charge is 0.303 e. The molecule has 86 valence electrons. The highest BCUT2D eigenvalue weighted by Gasteiger charge is 2.45. The third-order valence-corrected chi connectivity index (χ3v) is 4.10. The molecule has 0 aromatic heterocycles. The number of hydrogen-bond donors (Lipinski definition) is 1. The number of likely N-dealkylation sites (tertiary alicyclic amines) is 1. The molecule has 0 aromatic carbocycles. The number of hydrogen-bond acceptors (Lipinski definition) is 2. The molecular formula is C12H21NO2. The van der Waals surface area contributed by atoms with Crippen molar-refractivity contribution in [3.05, 3.63) is 0 Å². The van der Waals surface area contributed by atoms with Crippen molar-refractivity contribution >= 4 is 5.97 Å². The van der Waals surface area contributed by atoms with E-state index in [1.807, 2.05) is 0 Å². The molecule has 0 aromatic rings. The Hall–Kier alpha value is -0.570. The lowest BCUT2D eigenvalue weighted by atomic mass is 9.77. The first kappa shape index (κ1) is 10.9. The molecule has 1 saturated heterocycles. The lowest BCUT2D eigenvalue weighted by molar-refractivity contribution is -0.140. The zero-order chi connectivity index (χ0) is 11.1. The van der Waals surface area contributed by atoms with Gasteiger partial charge in [-0.1, -0.05) is 0 Å². The van der Waals surface area contributed by atoms with Crippen molar-refractivity contribution in [3.63, 3.8) is 0 Å². The summed E-state index contributed by atoms with van der Waals surface area (Å²) in [6.45, 7) is 5.60. The molecule has 1 aliphatic carbocycles. The van der Waals surface area contributed by atoms with Crippen LogP contribution in [0.25, 0.3) is 0 Å². The number of carboxylic acids is 1. The third-order valence-electron chi connectivity index (χ3n) is 4.10. The second-order valence-corrected chi connectivity index (χ2v) is 5.52. The quantitative estimate of drug-likeness (QED) is 0.777. The number of rotatable bonds is 3. The summed E-state index contributed by atoms with van der Waals surface area (Å²) in [5, 5.41) is 8.92. The molecule has 15 heavy (non-hydrogen) atoms. The molecular weight excluding hydrogens is 190 g/mol. The van der Waals surface area contributed by atoms with Crippen LogP contribution in [0.4, 0.5) is 0 Å². The summed E-state index contributed by atoms with van der Waals surface area (Å²) in [5.41, 5.74) is 0.0812. The van der Waals surface area contributed by atoms with Crippen LogP contribution in [0.5, 0.6) is 0 Å². The van der Waals surface area contributed by atoms with Gasteiger partial charge in [-0.25, -0.2) is 0 Å². The molecule has 1 atom stereocenters. The molecule has 1 aliphatic heterocycles. The fraction of sp³-hybridized carbons (Fsp3) is 0.917. The molecule has 0 amide bonds. The minimum Gasteiger partial charge on any atom is -0.481 e. The van der Waals surface area contributed by atoms with E-state index in [2.05, 4.69) is 18.7 Å². The summed E-state index contributed by atoms with van der Waals surface area (Å²) < 4.78 is 0. The summed E-state index contributed by atoms with van der Waals surface area (Å²) in [7, 11) is 0. The topological polar surface area (TPSA) is 40.5 Å². The number of carboxylic acid groups (broad SMARTS) is 1. The van der Waals surface area contributed by atoms with E-state index in [1.54, 1.807) is 0 Å². The number of carbonyl (C=O) groups is 1. The Balaban J connectivity index is 2.06. The van der Waals surface area contributed by atoms with Crippen molar-refractivity contribution in [1.82, 2.24) is 4.90 Å². The Morgan fingerprint density at radius 3 is 2.60 bits per heavy atom. The zero-order valence-electron chi connectivity index (χ0n) is 9.70. The predicted molar refractivity (Wildman–Crippen MR) is 58.8 cm³/mol. The fourth-order valence-electron chi connectivity index (χ4n) is 2.99. The Morgan fingerprint density at radius 1 is 1.40 bits per heavy atom. The van der Waals surface area contributed by atoms with Crippen LogP contribution in [-0.2, 0) is 4.79 Å². The molecule has 1 heterocycles. The van der Waals surface area contributed by atoms with Gasteiger partial charge in [-0.3, -0.25) is 9.69 Å². The molecule has 0 bridgehead atoms. The van der Waals surface area contributed by atoms with Crippen LogP contribution in [0.15, 0.2) is 0 Å². The molecule has 1 unspecified atom stereocenters. The summed E-state index contributed by atoms with van der Waals surface area (Å²) >= 11 is 0. The van der Waals surface area contributed by atoms with E-state index in [4.69, 9.17) is 5.11 Å². The summed E-state index contributed by atoms with van der Waals surface area (Å²) in [6.07, 6.45) is 5.18. The van der Waals surface area contributed by atoms with Gasteiger partial charge in [0.1, 0.15) is 0 Å². The van der Waals surface area contributed by atoms with Gasteiger partial charge in [-0.15, -0.1) is 0 Å². The molecule has 2 fully saturated rings. The van der Waals surface area contributed by atoms with Crippen LogP contribution in [0.1, 0.15) is 46.0 Å². The third kappa shape index (κ3) is 2.17. The first-order chi connectivity index (χ1) is 7.01. The lowest BCUT2D eigenvalue weighted by Crippen LogP contribution is -2.54. The van der Waals surface area contributed by atoms with Gasteiger partial charge in [0, 0.05) is 18.0 Å². The van der Waals surface area contributed by atoms with Crippen molar-refractivity contribution in [2.45, 2.75) is 57.5 Å².